The predicted octanol–water partition coefficient (Wildman–Crippen LogP) is 0.150. The first-order chi connectivity index (χ1) is 8.74. The van der Waals surface area contributed by atoms with E-state index in [1.54, 1.807) is 0 Å². The van der Waals surface area contributed by atoms with Crippen molar-refractivity contribution < 1.29 is 14.3 Å². The van der Waals surface area contributed by atoms with Crippen molar-refractivity contribution in [3.05, 3.63) is 0 Å². The number of hydrogen-bond acceptors (Lipinski definition) is 3. The highest BCUT2D eigenvalue weighted by molar-refractivity contribution is 5.89. The molecule has 2 atom stereocenters. The molecule has 0 aromatic rings. The lowest BCUT2D eigenvalue weighted by molar-refractivity contribution is -0.137. The molecule has 0 aromatic carbocycles. The molecule has 3 fully saturated rings. The Morgan fingerprint density at radius 3 is 2.78 bits per heavy atom. The van der Waals surface area contributed by atoms with Crippen LogP contribution >= 0.6 is 0 Å². The van der Waals surface area contributed by atoms with Gasteiger partial charge in [-0.15, -0.1) is 0 Å². The van der Waals surface area contributed by atoms with Crippen molar-refractivity contribution in [3.8, 4) is 0 Å². The van der Waals surface area contributed by atoms with Gasteiger partial charge in [-0.3, -0.25) is 9.59 Å². The van der Waals surface area contributed by atoms with Crippen molar-refractivity contribution in [1.29, 1.82) is 0 Å². The zero-order valence-corrected chi connectivity index (χ0v) is 10.6. The van der Waals surface area contributed by atoms with Gasteiger partial charge in [0.15, 0.2) is 0 Å². The highest BCUT2D eigenvalue weighted by Gasteiger charge is 2.39. The Balaban J connectivity index is 1.61. The lowest BCUT2D eigenvalue weighted by Crippen LogP contribution is -2.41. The quantitative estimate of drug-likeness (QED) is 0.775. The molecular formula is C13H20N2O3. The summed E-state index contributed by atoms with van der Waals surface area (Å²) >= 11 is 0. The molecule has 2 unspecified atom stereocenters. The van der Waals surface area contributed by atoms with Crippen molar-refractivity contribution in [3.63, 3.8) is 0 Å². The molecule has 3 aliphatic rings. The number of carbonyl (C=O) groups excluding carboxylic acids is 2. The van der Waals surface area contributed by atoms with Gasteiger partial charge in [-0.25, -0.2) is 0 Å². The van der Waals surface area contributed by atoms with Crippen LogP contribution in [0.15, 0.2) is 0 Å². The molecule has 1 aliphatic carbocycles. The van der Waals surface area contributed by atoms with Gasteiger partial charge in [0, 0.05) is 38.1 Å². The lowest BCUT2D eigenvalue weighted by Gasteiger charge is -2.27. The molecule has 0 bridgehead atoms. The molecule has 100 valence electrons. The van der Waals surface area contributed by atoms with Crippen LogP contribution in [-0.4, -0.2) is 49.1 Å². The van der Waals surface area contributed by atoms with E-state index in [9.17, 15) is 9.59 Å². The molecule has 5 heteroatoms. The third kappa shape index (κ3) is 2.51. The Labute approximate surface area is 107 Å². The van der Waals surface area contributed by atoms with Gasteiger partial charge in [-0.2, -0.15) is 0 Å². The van der Waals surface area contributed by atoms with Crippen LogP contribution in [0.1, 0.15) is 25.7 Å². The van der Waals surface area contributed by atoms with Gasteiger partial charge in [0.1, 0.15) is 0 Å². The molecule has 1 saturated carbocycles. The highest BCUT2D eigenvalue weighted by Crippen LogP contribution is 2.31. The van der Waals surface area contributed by atoms with Crippen molar-refractivity contribution >= 4 is 11.8 Å². The normalized spacial score (nSPS) is 31.4. The van der Waals surface area contributed by atoms with Crippen LogP contribution in [0, 0.1) is 11.8 Å². The van der Waals surface area contributed by atoms with E-state index in [0.717, 1.165) is 39.0 Å². The fourth-order valence-electron chi connectivity index (χ4n) is 2.82. The lowest BCUT2D eigenvalue weighted by atomic mass is 10.0. The first-order valence-corrected chi connectivity index (χ1v) is 6.89. The van der Waals surface area contributed by atoms with Gasteiger partial charge < -0.3 is 15.0 Å². The Kier molecular flexibility index (Phi) is 3.24. The summed E-state index contributed by atoms with van der Waals surface area (Å²) in [5.41, 5.74) is 0. The monoisotopic (exact) mass is 252 g/mol. The summed E-state index contributed by atoms with van der Waals surface area (Å²) in [7, 11) is 0. The van der Waals surface area contributed by atoms with Crippen LogP contribution in [-0.2, 0) is 14.3 Å². The average Bonchev–Trinajstić information content (AvgIpc) is 2.88. The van der Waals surface area contributed by atoms with E-state index in [0.29, 0.717) is 24.9 Å². The number of nitrogens with zero attached hydrogens (tertiary/aromatic N) is 1. The maximum Gasteiger partial charge on any atom is 0.228 e. The fraction of sp³-hybridized carbons (Fsp3) is 0.846. The topological polar surface area (TPSA) is 58.6 Å². The van der Waals surface area contributed by atoms with Gasteiger partial charge >= 0.3 is 0 Å². The summed E-state index contributed by atoms with van der Waals surface area (Å²) in [4.78, 5) is 25.7. The predicted molar refractivity (Wildman–Crippen MR) is 64.8 cm³/mol. The number of ether oxygens (including phenoxy) is 1. The highest BCUT2D eigenvalue weighted by atomic mass is 16.5. The standard InChI is InChI=1S/C13H20N2O3/c16-12-5-10(6-14-12)13(17)15(11-1-2-11)7-9-3-4-18-8-9/h9-11H,1-8H2,(H,14,16). The van der Waals surface area contributed by atoms with Gasteiger partial charge in [0.05, 0.1) is 12.5 Å². The minimum atomic E-state index is -0.138. The molecule has 18 heavy (non-hydrogen) atoms. The summed E-state index contributed by atoms with van der Waals surface area (Å²) in [5.74, 6) is 0.524. The average molecular weight is 252 g/mol. The minimum Gasteiger partial charge on any atom is -0.381 e. The second-order valence-corrected chi connectivity index (χ2v) is 5.66. The number of nitrogens with one attached hydrogen (secondary N) is 1. The summed E-state index contributed by atoms with van der Waals surface area (Å²) in [6.07, 6.45) is 3.66. The molecule has 3 rings (SSSR count). The smallest absolute Gasteiger partial charge is 0.228 e. The molecule has 0 spiro atoms. The van der Waals surface area contributed by atoms with Crippen molar-refractivity contribution in [1.82, 2.24) is 10.2 Å². The van der Waals surface area contributed by atoms with E-state index < -0.39 is 0 Å². The maximum atomic E-state index is 12.5. The number of hydrogen-bond donors (Lipinski definition) is 1. The van der Waals surface area contributed by atoms with Crippen LogP contribution in [0.4, 0.5) is 0 Å². The van der Waals surface area contributed by atoms with Crippen LogP contribution < -0.4 is 5.32 Å². The van der Waals surface area contributed by atoms with Gasteiger partial charge in [-0.1, -0.05) is 0 Å². The van der Waals surface area contributed by atoms with Crippen molar-refractivity contribution in [2.45, 2.75) is 31.7 Å². The Morgan fingerprint density at radius 2 is 2.22 bits per heavy atom. The number of carbonyl (C=O) groups is 2. The third-order valence-electron chi connectivity index (χ3n) is 4.08. The molecule has 2 aliphatic heterocycles. The minimum absolute atomic E-state index is 0.00768. The van der Waals surface area contributed by atoms with E-state index in [2.05, 4.69) is 5.32 Å². The Hall–Kier alpha value is -1.10. The van der Waals surface area contributed by atoms with Crippen LogP contribution in [0.2, 0.25) is 0 Å². The summed E-state index contributed by atoms with van der Waals surface area (Å²) in [5, 5.41) is 2.75. The first kappa shape index (κ1) is 12.0. The largest absolute Gasteiger partial charge is 0.381 e. The van der Waals surface area contributed by atoms with E-state index in [4.69, 9.17) is 4.74 Å². The summed E-state index contributed by atoms with van der Waals surface area (Å²) in [6.45, 7) is 2.93. The second-order valence-electron chi connectivity index (χ2n) is 5.66. The third-order valence-corrected chi connectivity index (χ3v) is 4.08. The van der Waals surface area contributed by atoms with E-state index in [-0.39, 0.29) is 17.7 Å². The first-order valence-electron chi connectivity index (χ1n) is 6.89. The maximum absolute atomic E-state index is 12.5. The second kappa shape index (κ2) is 4.88. The fourth-order valence-corrected chi connectivity index (χ4v) is 2.82. The SMILES string of the molecule is O=C1CC(C(=O)N(CC2CCOC2)C2CC2)CN1. The summed E-state index contributed by atoms with van der Waals surface area (Å²) in [6, 6.07) is 0.425. The van der Waals surface area contributed by atoms with Crippen LogP contribution in [0.25, 0.3) is 0 Å². The zero-order chi connectivity index (χ0) is 12.5. The van der Waals surface area contributed by atoms with Crippen molar-refractivity contribution in [2.75, 3.05) is 26.3 Å². The van der Waals surface area contributed by atoms with E-state index in [1.165, 1.54) is 0 Å². The molecular weight excluding hydrogens is 232 g/mol. The number of amides is 2. The molecule has 1 N–H and O–H groups in total. The molecule has 2 heterocycles. The molecule has 2 saturated heterocycles. The van der Waals surface area contributed by atoms with Crippen molar-refractivity contribution in [2.24, 2.45) is 11.8 Å². The zero-order valence-electron chi connectivity index (χ0n) is 10.6. The molecule has 5 nitrogen and oxygen atoms in total. The van der Waals surface area contributed by atoms with Gasteiger partial charge in [0.25, 0.3) is 0 Å². The number of rotatable bonds is 4. The molecule has 0 radical (unpaired) electrons. The summed E-state index contributed by atoms with van der Waals surface area (Å²) < 4.78 is 5.38. The van der Waals surface area contributed by atoms with E-state index >= 15 is 0 Å². The molecule has 0 aromatic heterocycles. The van der Waals surface area contributed by atoms with E-state index in [1.807, 2.05) is 4.90 Å². The Morgan fingerprint density at radius 1 is 1.39 bits per heavy atom. The van der Waals surface area contributed by atoms with Gasteiger partial charge in [0.2, 0.25) is 11.8 Å². The van der Waals surface area contributed by atoms with Crippen LogP contribution in [0.3, 0.4) is 0 Å². The molecule has 2 amide bonds. The Bertz CT molecular complexity index is 348. The van der Waals surface area contributed by atoms with Gasteiger partial charge in [-0.05, 0) is 19.3 Å². The van der Waals surface area contributed by atoms with Crippen LogP contribution in [0.5, 0.6) is 0 Å².